The quantitative estimate of drug-likeness (QED) is 0.884. The Hall–Kier alpha value is -2.49. The summed E-state index contributed by atoms with van der Waals surface area (Å²) in [5.41, 5.74) is 4.02. The Morgan fingerprint density at radius 2 is 1.77 bits per heavy atom. The van der Waals surface area contributed by atoms with Crippen LogP contribution in [-0.2, 0) is 4.79 Å². The molecule has 0 unspecified atom stereocenters. The second-order valence-corrected chi connectivity index (χ2v) is 5.40. The highest BCUT2D eigenvalue weighted by atomic mass is 16.5. The summed E-state index contributed by atoms with van der Waals surface area (Å²) in [7, 11) is 1.61. The van der Waals surface area contributed by atoms with Crippen LogP contribution in [0.1, 0.15) is 18.1 Å². The summed E-state index contributed by atoms with van der Waals surface area (Å²) in [6.45, 7) is 5.91. The highest BCUT2D eigenvalue weighted by Gasteiger charge is 2.13. The van der Waals surface area contributed by atoms with Crippen LogP contribution in [0.2, 0.25) is 0 Å². The minimum absolute atomic E-state index is 0.0777. The van der Waals surface area contributed by atoms with E-state index in [4.69, 9.17) is 4.74 Å². The minimum atomic E-state index is -0.331. The van der Waals surface area contributed by atoms with Gasteiger partial charge in [0.25, 0.3) is 0 Å². The number of anilines is 2. The van der Waals surface area contributed by atoms with Gasteiger partial charge in [0.1, 0.15) is 11.8 Å². The minimum Gasteiger partial charge on any atom is -0.497 e. The molecule has 0 saturated heterocycles. The Morgan fingerprint density at radius 3 is 2.41 bits per heavy atom. The predicted molar refractivity (Wildman–Crippen MR) is 90.6 cm³/mol. The highest BCUT2D eigenvalue weighted by Crippen LogP contribution is 2.18. The molecule has 1 atom stereocenters. The molecule has 0 bridgehead atoms. The van der Waals surface area contributed by atoms with Crippen LogP contribution in [0.5, 0.6) is 5.75 Å². The Bertz CT molecular complexity index is 651. The molecule has 2 rings (SSSR count). The van der Waals surface area contributed by atoms with E-state index in [9.17, 15) is 4.79 Å². The van der Waals surface area contributed by atoms with E-state index in [2.05, 4.69) is 16.7 Å². The number of hydrogen-bond acceptors (Lipinski definition) is 3. The average Bonchev–Trinajstić information content (AvgIpc) is 2.51. The van der Waals surface area contributed by atoms with E-state index in [-0.39, 0.29) is 11.9 Å². The largest absolute Gasteiger partial charge is 0.497 e. The molecular formula is C18H22N2O2. The van der Waals surface area contributed by atoms with Gasteiger partial charge in [0.05, 0.1) is 7.11 Å². The molecule has 2 aromatic rings. The second kappa shape index (κ2) is 6.98. The number of aryl methyl sites for hydroxylation is 2. The van der Waals surface area contributed by atoms with Crippen LogP contribution in [0.4, 0.5) is 11.4 Å². The molecule has 0 aromatic heterocycles. The van der Waals surface area contributed by atoms with Gasteiger partial charge in [-0.15, -0.1) is 0 Å². The van der Waals surface area contributed by atoms with Crippen LogP contribution in [0, 0.1) is 13.8 Å². The van der Waals surface area contributed by atoms with Gasteiger partial charge >= 0.3 is 0 Å². The van der Waals surface area contributed by atoms with Gasteiger partial charge in [-0.3, -0.25) is 4.79 Å². The fourth-order valence-electron chi connectivity index (χ4n) is 2.12. The van der Waals surface area contributed by atoms with Crippen LogP contribution in [-0.4, -0.2) is 19.1 Å². The third-order valence-corrected chi connectivity index (χ3v) is 3.52. The fourth-order valence-corrected chi connectivity index (χ4v) is 2.12. The Kier molecular flexibility index (Phi) is 5.04. The second-order valence-electron chi connectivity index (χ2n) is 5.40. The summed E-state index contributed by atoms with van der Waals surface area (Å²) in [5, 5.41) is 6.15. The molecule has 0 spiro atoms. The smallest absolute Gasteiger partial charge is 0.246 e. The monoisotopic (exact) mass is 298 g/mol. The summed E-state index contributed by atoms with van der Waals surface area (Å²) < 4.78 is 5.10. The zero-order valence-corrected chi connectivity index (χ0v) is 13.4. The molecule has 4 heteroatoms. The van der Waals surface area contributed by atoms with Gasteiger partial charge in [0.2, 0.25) is 5.91 Å². The topological polar surface area (TPSA) is 50.4 Å². The number of benzene rings is 2. The predicted octanol–water partition coefficient (Wildman–Crippen LogP) is 3.75. The number of rotatable bonds is 5. The third-order valence-electron chi connectivity index (χ3n) is 3.52. The molecule has 0 radical (unpaired) electrons. The molecule has 22 heavy (non-hydrogen) atoms. The lowest BCUT2D eigenvalue weighted by molar-refractivity contribution is -0.116. The van der Waals surface area contributed by atoms with Crippen LogP contribution in [0.25, 0.3) is 0 Å². The maximum atomic E-state index is 12.3. The first-order valence-corrected chi connectivity index (χ1v) is 7.28. The van der Waals surface area contributed by atoms with Crippen molar-refractivity contribution in [3.63, 3.8) is 0 Å². The van der Waals surface area contributed by atoms with E-state index < -0.39 is 0 Å². The first-order valence-electron chi connectivity index (χ1n) is 7.28. The van der Waals surface area contributed by atoms with Crippen molar-refractivity contribution in [3.8, 4) is 5.75 Å². The molecule has 0 fully saturated rings. The number of methoxy groups -OCH3 is 1. The first-order chi connectivity index (χ1) is 10.5. The molecular weight excluding hydrogens is 276 g/mol. The number of carbonyl (C=O) groups is 1. The van der Waals surface area contributed by atoms with Crippen molar-refractivity contribution in [2.45, 2.75) is 26.8 Å². The molecule has 2 N–H and O–H groups in total. The van der Waals surface area contributed by atoms with Gasteiger partial charge in [-0.1, -0.05) is 12.1 Å². The van der Waals surface area contributed by atoms with Crippen LogP contribution >= 0.6 is 0 Å². The summed E-state index contributed by atoms with van der Waals surface area (Å²) >= 11 is 0. The molecule has 0 aliphatic rings. The van der Waals surface area contributed by atoms with E-state index >= 15 is 0 Å². The van der Waals surface area contributed by atoms with Crippen LogP contribution in [0.15, 0.2) is 42.5 Å². The van der Waals surface area contributed by atoms with Crippen LogP contribution in [0.3, 0.4) is 0 Å². The summed E-state index contributed by atoms with van der Waals surface area (Å²) in [6, 6.07) is 13.1. The molecule has 0 aliphatic heterocycles. The lowest BCUT2D eigenvalue weighted by Gasteiger charge is -2.17. The van der Waals surface area contributed by atoms with E-state index in [1.54, 1.807) is 7.11 Å². The Labute approximate surface area is 131 Å². The highest BCUT2D eigenvalue weighted by molar-refractivity contribution is 5.96. The molecule has 116 valence electrons. The van der Waals surface area contributed by atoms with Crippen LogP contribution < -0.4 is 15.4 Å². The average molecular weight is 298 g/mol. The van der Waals surface area contributed by atoms with Gasteiger partial charge in [-0.2, -0.15) is 0 Å². The van der Waals surface area contributed by atoms with Gasteiger partial charge in [-0.25, -0.2) is 0 Å². The molecule has 0 aliphatic carbocycles. The van der Waals surface area contributed by atoms with Gasteiger partial charge in [-0.05, 0) is 62.2 Å². The Morgan fingerprint density at radius 1 is 1.09 bits per heavy atom. The lowest BCUT2D eigenvalue weighted by atomic mass is 10.1. The number of hydrogen-bond donors (Lipinski definition) is 2. The maximum Gasteiger partial charge on any atom is 0.246 e. The van der Waals surface area contributed by atoms with E-state index in [0.29, 0.717) is 0 Å². The first kappa shape index (κ1) is 15.9. The number of nitrogens with one attached hydrogen (secondary N) is 2. The van der Waals surface area contributed by atoms with Gasteiger partial charge < -0.3 is 15.4 Å². The maximum absolute atomic E-state index is 12.3. The van der Waals surface area contributed by atoms with Crippen molar-refractivity contribution in [1.82, 2.24) is 0 Å². The lowest BCUT2D eigenvalue weighted by Crippen LogP contribution is -2.32. The van der Waals surface area contributed by atoms with E-state index in [1.807, 2.05) is 57.2 Å². The summed E-state index contributed by atoms with van der Waals surface area (Å²) in [5.74, 6) is 0.686. The number of ether oxygens (including phenoxy) is 1. The van der Waals surface area contributed by atoms with Crippen molar-refractivity contribution >= 4 is 17.3 Å². The normalized spacial score (nSPS) is 11.6. The van der Waals surface area contributed by atoms with Crippen molar-refractivity contribution in [1.29, 1.82) is 0 Å². The SMILES string of the molecule is COc1ccc(NC(=O)[C@H](C)Nc2cc(C)ccc2C)cc1. The van der Waals surface area contributed by atoms with Gasteiger partial charge in [0, 0.05) is 11.4 Å². The molecule has 0 heterocycles. The zero-order valence-electron chi connectivity index (χ0n) is 13.4. The van der Waals surface area contributed by atoms with E-state index in [0.717, 1.165) is 28.3 Å². The summed E-state index contributed by atoms with van der Waals surface area (Å²) in [6.07, 6.45) is 0. The number of carbonyl (C=O) groups excluding carboxylic acids is 1. The van der Waals surface area contributed by atoms with E-state index in [1.165, 1.54) is 0 Å². The number of amides is 1. The molecule has 4 nitrogen and oxygen atoms in total. The molecule has 2 aromatic carbocycles. The molecule has 1 amide bonds. The fraction of sp³-hybridized carbons (Fsp3) is 0.278. The zero-order chi connectivity index (χ0) is 16.1. The third kappa shape index (κ3) is 4.01. The molecule has 0 saturated carbocycles. The van der Waals surface area contributed by atoms with Crippen molar-refractivity contribution in [2.75, 3.05) is 17.7 Å². The van der Waals surface area contributed by atoms with Crippen molar-refractivity contribution in [2.24, 2.45) is 0 Å². The van der Waals surface area contributed by atoms with Crippen molar-refractivity contribution in [3.05, 3.63) is 53.6 Å². The standard InChI is InChI=1S/C18H22N2O2/c1-12-5-6-13(2)17(11-12)19-14(3)18(21)20-15-7-9-16(22-4)10-8-15/h5-11,14,19H,1-4H3,(H,20,21)/t14-/m0/s1. The van der Waals surface area contributed by atoms with Crippen molar-refractivity contribution < 1.29 is 9.53 Å². The van der Waals surface area contributed by atoms with Gasteiger partial charge in [0.15, 0.2) is 0 Å². The Balaban J connectivity index is 2.00. The summed E-state index contributed by atoms with van der Waals surface area (Å²) in [4.78, 5) is 12.3.